The van der Waals surface area contributed by atoms with Gasteiger partial charge in [-0.05, 0) is 12.8 Å². The molecule has 0 aromatic carbocycles. The van der Waals surface area contributed by atoms with Gasteiger partial charge in [0.15, 0.2) is 0 Å². The first-order valence-corrected chi connectivity index (χ1v) is 3.08. The van der Waals surface area contributed by atoms with Gasteiger partial charge in [0.25, 0.3) is 0 Å². The molecular formula is C6H12N2O. The predicted octanol–water partition coefficient (Wildman–Crippen LogP) is 0.444. The van der Waals surface area contributed by atoms with Crippen LogP contribution in [0.2, 0.25) is 0 Å². The molecular weight excluding hydrogens is 116 g/mol. The maximum atomic E-state index is 5.55. The highest BCUT2D eigenvalue weighted by atomic mass is 16.5. The molecule has 0 aliphatic carbocycles. The molecule has 0 aromatic heterocycles. The first kappa shape index (κ1) is 6.42. The van der Waals surface area contributed by atoms with Crippen molar-refractivity contribution in [3.05, 3.63) is 12.0 Å². The topological polar surface area (TPSA) is 38.5 Å². The summed E-state index contributed by atoms with van der Waals surface area (Å²) in [5.41, 5.74) is 1.09. The highest BCUT2D eigenvalue weighted by Crippen LogP contribution is 2.15. The first-order chi connectivity index (χ1) is 4.34. The molecule has 1 heterocycles. The highest BCUT2D eigenvalue weighted by Gasteiger charge is 2.12. The average molecular weight is 128 g/mol. The lowest BCUT2D eigenvalue weighted by molar-refractivity contribution is 0.310. The second kappa shape index (κ2) is 2.73. The van der Waals surface area contributed by atoms with Gasteiger partial charge in [-0.2, -0.15) is 0 Å². The van der Waals surface area contributed by atoms with Gasteiger partial charge in [0.05, 0.1) is 12.8 Å². The molecule has 0 aromatic rings. The van der Waals surface area contributed by atoms with Crippen molar-refractivity contribution in [3.8, 4) is 0 Å². The summed E-state index contributed by atoms with van der Waals surface area (Å²) in [5.74, 6) is 5.55. The van der Waals surface area contributed by atoms with E-state index in [0.29, 0.717) is 0 Å². The van der Waals surface area contributed by atoms with Gasteiger partial charge in [0, 0.05) is 6.54 Å². The van der Waals surface area contributed by atoms with Crippen LogP contribution in [0, 0.1) is 0 Å². The van der Waals surface area contributed by atoms with Crippen molar-refractivity contribution in [1.82, 2.24) is 5.01 Å². The molecule has 52 valence electrons. The van der Waals surface area contributed by atoms with Gasteiger partial charge in [0.2, 0.25) is 0 Å². The molecule has 0 unspecified atom stereocenters. The van der Waals surface area contributed by atoms with E-state index in [1.165, 1.54) is 0 Å². The van der Waals surface area contributed by atoms with E-state index >= 15 is 0 Å². The van der Waals surface area contributed by atoms with Gasteiger partial charge in [-0.1, -0.05) is 0 Å². The Bertz CT molecular complexity index is 122. The Morgan fingerprint density at radius 2 is 2.56 bits per heavy atom. The zero-order chi connectivity index (χ0) is 6.69. The van der Waals surface area contributed by atoms with Gasteiger partial charge in [-0.3, -0.25) is 0 Å². The largest absolute Gasteiger partial charge is 0.503 e. The van der Waals surface area contributed by atoms with Crippen LogP contribution in [0.4, 0.5) is 0 Å². The summed E-state index contributed by atoms with van der Waals surface area (Å²) in [6.07, 6.45) is 3.89. The zero-order valence-corrected chi connectivity index (χ0v) is 5.63. The van der Waals surface area contributed by atoms with Crippen molar-refractivity contribution < 1.29 is 4.74 Å². The van der Waals surface area contributed by atoms with Crippen LogP contribution < -0.4 is 5.84 Å². The van der Waals surface area contributed by atoms with E-state index < -0.39 is 0 Å². The summed E-state index contributed by atoms with van der Waals surface area (Å²) in [5, 5.41) is 1.73. The van der Waals surface area contributed by atoms with Crippen LogP contribution in [0.25, 0.3) is 0 Å². The van der Waals surface area contributed by atoms with Crippen LogP contribution in [-0.2, 0) is 4.74 Å². The standard InChI is InChI=1S/C6H12N2O/c1-9-5-6-3-2-4-8(6)7/h5H,2-4,7H2,1H3/b6-5+. The van der Waals surface area contributed by atoms with E-state index in [1.54, 1.807) is 18.4 Å². The van der Waals surface area contributed by atoms with Crippen molar-refractivity contribution in [2.75, 3.05) is 13.7 Å². The SMILES string of the molecule is CO/C=C1\CCCN1N. The molecule has 0 amide bonds. The van der Waals surface area contributed by atoms with Crippen molar-refractivity contribution in [2.45, 2.75) is 12.8 Å². The van der Waals surface area contributed by atoms with E-state index in [-0.39, 0.29) is 0 Å². The maximum absolute atomic E-state index is 5.55. The van der Waals surface area contributed by atoms with Crippen molar-refractivity contribution in [1.29, 1.82) is 0 Å². The summed E-state index contributed by atoms with van der Waals surface area (Å²) < 4.78 is 4.81. The number of methoxy groups -OCH3 is 1. The maximum Gasteiger partial charge on any atom is 0.103 e. The van der Waals surface area contributed by atoms with Crippen LogP contribution in [0.3, 0.4) is 0 Å². The Hall–Kier alpha value is -0.700. The van der Waals surface area contributed by atoms with E-state index in [9.17, 15) is 0 Å². The third-order valence-corrected chi connectivity index (χ3v) is 1.45. The van der Waals surface area contributed by atoms with E-state index in [1.807, 2.05) is 0 Å². The molecule has 1 aliphatic rings. The molecule has 2 N–H and O–H groups in total. The predicted molar refractivity (Wildman–Crippen MR) is 35.2 cm³/mol. The molecule has 0 radical (unpaired) electrons. The molecule has 0 saturated carbocycles. The quantitative estimate of drug-likeness (QED) is 0.411. The molecule has 0 bridgehead atoms. The minimum atomic E-state index is 0.954. The third-order valence-electron chi connectivity index (χ3n) is 1.45. The molecule has 1 fully saturated rings. The molecule has 1 aliphatic heterocycles. The molecule has 1 saturated heterocycles. The van der Waals surface area contributed by atoms with Crippen LogP contribution in [0.5, 0.6) is 0 Å². The number of hydrogen-bond donors (Lipinski definition) is 1. The number of rotatable bonds is 1. The van der Waals surface area contributed by atoms with Crippen molar-refractivity contribution in [3.63, 3.8) is 0 Å². The molecule has 0 spiro atoms. The Morgan fingerprint density at radius 1 is 1.78 bits per heavy atom. The number of ether oxygens (including phenoxy) is 1. The fraction of sp³-hybridized carbons (Fsp3) is 0.667. The Labute approximate surface area is 55.1 Å². The Kier molecular flexibility index (Phi) is 1.95. The summed E-state index contributed by atoms with van der Waals surface area (Å²) in [4.78, 5) is 0. The Morgan fingerprint density at radius 3 is 3.00 bits per heavy atom. The minimum Gasteiger partial charge on any atom is -0.503 e. The van der Waals surface area contributed by atoms with E-state index in [2.05, 4.69) is 0 Å². The lowest BCUT2D eigenvalue weighted by Crippen LogP contribution is -2.25. The summed E-state index contributed by atoms with van der Waals surface area (Å²) in [7, 11) is 1.64. The molecule has 1 rings (SSSR count). The number of allylic oxidation sites excluding steroid dienone is 1. The molecule has 3 nitrogen and oxygen atoms in total. The van der Waals surface area contributed by atoms with Crippen molar-refractivity contribution in [2.24, 2.45) is 5.84 Å². The monoisotopic (exact) mass is 128 g/mol. The van der Waals surface area contributed by atoms with Gasteiger partial charge >= 0.3 is 0 Å². The Balaban J connectivity index is 2.48. The van der Waals surface area contributed by atoms with Crippen LogP contribution in [0.1, 0.15) is 12.8 Å². The summed E-state index contributed by atoms with van der Waals surface area (Å²) in [6.45, 7) is 0.954. The van der Waals surface area contributed by atoms with Crippen LogP contribution >= 0.6 is 0 Å². The van der Waals surface area contributed by atoms with Crippen LogP contribution in [-0.4, -0.2) is 18.7 Å². The summed E-state index contributed by atoms with van der Waals surface area (Å²) in [6, 6.07) is 0. The van der Waals surface area contributed by atoms with Gasteiger partial charge in [-0.25, -0.2) is 5.84 Å². The highest BCUT2D eigenvalue weighted by molar-refractivity contribution is 4.99. The van der Waals surface area contributed by atoms with Crippen molar-refractivity contribution >= 4 is 0 Å². The number of hydrogen-bond acceptors (Lipinski definition) is 3. The fourth-order valence-corrected chi connectivity index (χ4v) is 0.980. The minimum absolute atomic E-state index is 0.954. The number of nitrogens with zero attached hydrogens (tertiary/aromatic N) is 1. The summed E-state index contributed by atoms with van der Waals surface area (Å²) >= 11 is 0. The van der Waals surface area contributed by atoms with Gasteiger partial charge in [-0.15, -0.1) is 0 Å². The molecule has 9 heavy (non-hydrogen) atoms. The second-order valence-electron chi connectivity index (χ2n) is 2.14. The smallest absolute Gasteiger partial charge is 0.103 e. The third kappa shape index (κ3) is 1.36. The van der Waals surface area contributed by atoms with Gasteiger partial charge in [0.1, 0.15) is 6.26 Å². The lowest BCUT2D eigenvalue weighted by Gasteiger charge is -2.10. The second-order valence-corrected chi connectivity index (χ2v) is 2.14. The molecule has 0 atom stereocenters. The van der Waals surface area contributed by atoms with E-state index in [4.69, 9.17) is 10.6 Å². The van der Waals surface area contributed by atoms with Gasteiger partial charge < -0.3 is 9.75 Å². The average Bonchev–Trinajstić information content (AvgIpc) is 2.18. The van der Waals surface area contributed by atoms with Crippen LogP contribution in [0.15, 0.2) is 12.0 Å². The number of hydrazine groups is 1. The molecule has 3 heteroatoms. The fourth-order valence-electron chi connectivity index (χ4n) is 0.980. The number of nitrogens with two attached hydrogens (primary N) is 1. The normalized spacial score (nSPS) is 23.3. The first-order valence-electron chi connectivity index (χ1n) is 3.08. The lowest BCUT2D eigenvalue weighted by atomic mass is 10.3. The zero-order valence-electron chi connectivity index (χ0n) is 5.63. The van der Waals surface area contributed by atoms with E-state index in [0.717, 1.165) is 25.1 Å².